The molecule has 0 bridgehead atoms. The number of ether oxygens (including phenoxy) is 3. The lowest BCUT2D eigenvalue weighted by Crippen LogP contribution is -2.53. The second-order valence-corrected chi connectivity index (χ2v) is 11.3. The van der Waals surface area contributed by atoms with Crippen molar-refractivity contribution in [1.82, 2.24) is 19.4 Å². The molecule has 3 atom stereocenters. The lowest BCUT2D eigenvalue weighted by molar-refractivity contribution is -0.0595. The Labute approximate surface area is 255 Å². The molecule has 2 aliphatic rings. The number of esters is 1. The minimum absolute atomic E-state index is 0.0176. The number of nitriles is 1. The van der Waals surface area contributed by atoms with Gasteiger partial charge >= 0.3 is 5.97 Å². The third-order valence-electron chi connectivity index (χ3n) is 8.52. The minimum Gasteiger partial charge on any atom is -0.473 e. The van der Waals surface area contributed by atoms with Gasteiger partial charge < -0.3 is 23.7 Å². The van der Waals surface area contributed by atoms with E-state index in [0.717, 1.165) is 55.3 Å². The number of halogens is 1. The van der Waals surface area contributed by atoms with E-state index in [2.05, 4.69) is 28.2 Å². The van der Waals surface area contributed by atoms with Crippen LogP contribution in [-0.4, -0.2) is 70.9 Å². The van der Waals surface area contributed by atoms with Gasteiger partial charge in [-0.25, -0.2) is 14.2 Å². The van der Waals surface area contributed by atoms with Crippen LogP contribution in [0.4, 0.5) is 10.2 Å². The SMILES string of the molecule is COC(=O)c1ccc2nc([C@H](C)N3CCN(c4cccc(OCc5ccc(C#N)cc5F)n4)CC3C)n(CC3CCO3)c2c1. The number of carbonyl (C=O) groups excluding carboxylic acids is 1. The third-order valence-corrected chi connectivity index (χ3v) is 8.52. The fourth-order valence-corrected chi connectivity index (χ4v) is 5.98. The number of aromatic nitrogens is 3. The molecular formula is C33H35FN6O4. The Hall–Kier alpha value is -4.53. The number of fused-ring (bicyclic) bond motifs is 1. The quantitative estimate of drug-likeness (QED) is 0.250. The lowest BCUT2D eigenvalue weighted by atomic mass is 10.1. The summed E-state index contributed by atoms with van der Waals surface area (Å²) in [4.78, 5) is 26.7. The number of hydrogen-bond acceptors (Lipinski definition) is 9. The van der Waals surface area contributed by atoms with Gasteiger partial charge in [-0.05, 0) is 56.7 Å². The van der Waals surface area contributed by atoms with Gasteiger partial charge in [0.2, 0.25) is 5.88 Å². The largest absolute Gasteiger partial charge is 0.473 e. The number of nitrogens with zero attached hydrogens (tertiary/aromatic N) is 6. The number of anilines is 1. The highest BCUT2D eigenvalue weighted by atomic mass is 19.1. The summed E-state index contributed by atoms with van der Waals surface area (Å²) < 4.78 is 33.1. The van der Waals surface area contributed by atoms with Crippen molar-refractivity contribution in [3.63, 3.8) is 0 Å². The van der Waals surface area contributed by atoms with Crippen LogP contribution in [0.5, 0.6) is 5.88 Å². The minimum atomic E-state index is -0.475. The van der Waals surface area contributed by atoms with Crippen molar-refractivity contribution in [2.75, 3.05) is 38.3 Å². The van der Waals surface area contributed by atoms with Gasteiger partial charge in [-0.3, -0.25) is 4.90 Å². The number of methoxy groups -OCH3 is 1. The average Bonchev–Trinajstić information content (AvgIpc) is 3.39. The van der Waals surface area contributed by atoms with E-state index in [1.807, 2.05) is 30.3 Å². The average molecular weight is 599 g/mol. The molecule has 10 nitrogen and oxygen atoms in total. The second-order valence-electron chi connectivity index (χ2n) is 11.3. The highest BCUT2D eigenvalue weighted by Gasteiger charge is 2.32. The molecule has 4 heterocycles. The molecule has 0 amide bonds. The molecule has 11 heteroatoms. The Kier molecular flexibility index (Phi) is 8.46. The van der Waals surface area contributed by atoms with Crippen LogP contribution in [0.2, 0.25) is 0 Å². The molecular weight excluding hydrogens is 563 g/mol. The van der Waals surface area contributed by atoms with Crippen molar-refractivity contribution in [1.29, 1.82) is 5.26 Å². The summed E-state index contributed by atoms with van der Waals surface area (Å²) in [6.07, 6.45) is 1.13. The van der Waals surface area contributed by atoms with E-state index in [1.165, 1.54) is 13.2 Å². The zero-order valence-corrected chi connectivity index (χ0v) is 25.1. The third kappa shape index (κ3) is 5.96. The zero-order chi connectivity index (χ0) is 30.8. The van der Waals surface area contributed by atoms with Crippen molar-refractivity contribution >= 4 is 22.8 Å². The topological polar surface area (TPSA) is 106 Å². The van der Waals surface area contributed by atoms with Crippen molar-refractivity contribution < 1.29 is 23.4 Å². The first kappa shape index (κ1) is 29.5. The molecule has 0 spiro atoms. The van der Waals surface area contributed by atoms with E-state index < -0.39 is 5.82 Å². The van der Waals surface area contributed by atoms with Crippen molar-refractivity contribution in [2.45, 2.75) is 51.6 Å². The van der Waals surface area contributed by atoms with Gasteiger partial charge in [-0.15, -0.1) is 0 Å². The van der Waals surface area contributed by atoms with E-state index in [9.17, 15) is 9.18 Å². The fraction of sp³-hybridized carbons (Fsp3) is 0.394. The van der Waals surface area contributed by atoms with Crippen molar-refractivity contribution in [3.05, 3.63) is 82.9 Å². The maximum atomic E-state index is 14.3. The fourth-order valence-electron chi connectivity index (χ4n) is 5.98. The van der Waals surface area contributed by atoms with Crippen molar-refractivity contribution in [3.8, 4) is 11.9 Å². The zero-order valence-electron chi connectivity index (χ0n) is 25.1. The van der Waals surface area contributed by atoms with E-state index >= 15 is 0 Å². The Morgan fingerprint density at radius 2 is 2.02 bits per heavy atom. The van der Waals surface area contributed by atoms with Crippen LogP contribution in [-0.2, 0) is 22.6 Å². The molecule has 0 aliphatic carbocycles. The highest BCUT2D eigenvalue weighted by Crippen LogP contribution is 2.31. The first-order valence-electron chi connectivity index (χ1n) is 14.8. The van der Waals surface area contributed by atoms with Crippen molar-refractivity contribution in [2.24, 2.45) is 0 Å². The Morgan fingerprint density at radius 3 is 2.73 bits per heavy atom. The Balaban J connectivity index is 1.16. The summed E-state index contributed by atoms with van der Waals surface area (Å²) in [5, 5.41) is 8.97. The van der Waals surface area contributed by atoms with Crippen LogP contribution < -0.4 is 9.64 Å². The number of carbonyl (C=O) groups is 1. The van der Waals surface area contributed by atoms with Gasteiger partial charge in [0.1, 0.15) is 24.1 Å². The molecule has 44 heavy (non-hydrogen) atoms. The van der Waals surface area contributed by atoms with E-state index in [1.54, 1.807) is 24.3 Å². The number of rotatable bonds is 9. The van der Waals surface area contributed by atoms with Crippen LogP contribution in [0.3, 0.4) is 0 Å². The number of imidazole rings is 1. The van der Waals surface area contributed by atoms with Gasteiger partial charge in [0.15, 0.2) is 0 Å². The first-order valence-corrected chi connectivity index (χ1v) is 14.8. The number of pyridine rings is 1. The number of piperazine rings is 1. The van der Waals surface area contributed by atoms with Crippen LogP contribution in [0.15, 0.2) is 54.6 Å². The van der Waals surface area contributed by atoms with E-state index in [0.29, 0.717) is 23.6 Å². The predicted molar refractivity (Wildman–Crippen MR) is 162 cm³/mol. The monoisotopic (exact) mass is 598 g/mol. The molecule has 2 saturated heterocycles. The van der Waals surface area contributed by atoms with Crippen LogP contribution >= 0.6 is 0 Å². The molecule has 4 aromatic rings. The smallest absolute Gasteiger partial charge is 0.337 e. The molecule has 228 valence electrons. The van der Waals surface area contributed by atoms with Gasteiger partial charge in [0.05, 0.1) is 54.0 Å². The van der Waals surface area contributed by atoms with Crippen LogP contribution in [0.25, 0.3) is 11.0 Å². The molecule has 2 aliphatic heterocycles. The Morgan fingerprint density at radius 1 is 1.18 bits per heavy atom. The van der Waals surface area contributed by atoms with Gasteiger partial charge in [-0.1, -0.05) is 12.1 Å². The number of benzene rings is 2. The molecule has 2 unspecified atom stereocenters. The Bertz CT molecular complexity index is 1710. The number of hydrogen-bond donors (Lipinski definition) is 0. The summed E-state index contributed by atoms with van der Waals surface area (Å²) >= 11 is 0. The maximum Gasteiger partial charge on any atom is 0.337 e. The normalized spacial score (nSPS) is 19.3. The molecule has 2 fully saturated rings. The lowest BCUT2D eigenvalue weighted by Gasteiger charge is -2.43. The standard InChI is InChI=1S/C33H35FN6O4/c1-21-18-38(30-5-4-6-31(37-30)44-20-25-8-7-23(17-35)15-27(25)34)12-13-39(21)22(2)32-36-28-10-9-24(33(41)42-3)16-29(28)40(32)19-26-11-14-43-26/h4-10,15-16,21-22,26H,11-14,18-20H2,1-3H3/t21?,22-,26?/m0/s1. The molecule has 2 aromatic heterocycles. The van der Waals surface area contributed by atoms with Gasteiger partial charge in [-0.2, -0.15) is 10.2 Å². The molecule has 0 N–H and O–H groups in total. The first-order chi connectivity index (χ1) is 21.3. The molecule has 6 rings (SSSR count). The molecule has 0 radical (unpaired) electrons. The summed E-state index contributed by atoms with van der Waals surface area (Å²) in [7, 11) is 1.39. The predicted octanol–water partition coefficient (Wildman–Crippen LogP) is 4.87. The van der Waals surface area contributed by atoms with Crippen LogP contribution in [0, 0.1) is 17.1 Å². The molecule has 2 aromatic carbocycles. The second kappa shape index (κ2) is 12.6. The summed E-state index contributed by atoms with van der Waals surface area (Å²) in [5.74, 6) is 1.31. The molecule has 0 saturated carbocycles. The summed E-state index contributed by atoms with van der Waals surface area (Å²) in [6.45, 7) is 8.15. The van der Waals surface area contributed by atoms with E-state index in [4.69, 9.17) is 29.4 Å². The van der Waals surface area contributed by atoms with Gasteiger partial charge in [0, 0.05) is 43.9 Å². The van der Waals surface area contributed by atoms with E-state index in [-0.39, 0.29) is 36.3 Å². The maximum absolute atomic E-state index is 14.3. The summed E-state index contributed by atoms with van der Waals surface area (Å²) in [5.41, 5.74) is 2.87. The van der Waals surface area contributed by atoms with Crippen LogP contribution in [0.1, 0.15) is 53.6 Å². The summed E-state index contributed by atoms with van der Waals surface area (Å²) in [6, 6.07) is 17.6. The highest BCUT2D eigenvalue weighted by molar-refractivity contribution is 5.93. The van der Waals surface area contributed by atoms with Gasteiger partial charge in [0.25, 0.3) is 0 Å².